The van der Waals surface area contributed by atoms with Crippen molar-refractivity contribution in [2.45, 2.75) is 69.9 Å². The highest BCUT2D eigenvalue weighted by atomic mass is 16.2. The van der Waals surface area contributed by atoms with Crippen LogP contribution in [0.3, 0.4) is 0 Å². The lowest BCUT2D eigenvalue weighted by molar-refractivity contribution is -0.143. The average Bonchev–Trinajstić information content (AvgIpc) is 3.19. The molecule has 0 aliphatic carbocycles. The number of nitrogens with two attached hydrogens (primary N) is 5. The number of benzene rings is 4. The van der Waals surface area contributed by atoms with Crippen molar-refractivity contribution < 1.29 is 14.4 Å². The molecule has 0 aromatic heterocycles. The van der Waals surface area contributed by atoms with E-state index < -0.39 is 18.0 Å². The van der Waals surface area contributed by atoms with E-state index in [1.165, 1.54) is 4.90 Å². The van der Waals surface area contributed by atoms with Crippen LogP contribution < -0.4 is 28.7 Å². The standard InChI is InChI=1S/C44H56N8O3/c1-52(39(40(53)17-9-4-10-26-50-43(46)47)29-32-20-24-36(25-21-32)34-14-7-3-8-15-34)42(55)37(16-11-27-51-44(48)49)30-41(54)38(45)28-31-18-22-35(23-19-31)33-12-5-2-6-13-33/h2-3,5-8,12-15,18-25,37-39H,4,9-11,16-17,26-30,45H2,1H3,(H4,46,47,50)(H4,48,49,51)/t37-,38+,39+/m1/s1. The normalized spacial score (nSPS) is 12.5. The Balaban J connectivity index is 1.50. The summed E-state index contributed by atoms with van der Waals surface area (Å²) in [6.45, 7) is 0.794. The van der Waals surface area contributed by atoms with Crippen LogP contribution in [0.2, 0.25) is 0 Å². The number of amides is 1. The number of guanidine groups is 2. The van der Waals surface area contributed by atoms with Gasteiger partial charge in [-0.05, 0) is 71.9 Å². The first kappa shape index (κ1) is 41.9. The molecule has 0 radical (unpaired) electrons. The highest BCUT2D eigenvalue weighted by Crippen LogP contribution is 2.24. The number of hydrogen-bond acceptors (Lipinski definition) is 6. The zero-order valence-electron chi connectivity index (χ0n) is 31.9. The second-order valence-electron chi connectivity index (χ2n) is 14.0. The fourth-order valence-electron chi connectivity index (χ4n) is 6.64. The Hall–Kier alpha value is -5.81. The lowest BCUT2D eigenvalue weighted by atomic mass is 9.89. The Morgan fingerprint density at radius 3 is 1.56 bits per heavy atom. The Bertz CT molecular complexity index is 1850. The first-order chi connectivity index (χ1) is 26.5. The number of aliphatic imine (C=N–C) groups is 2. The molecule has 0 spiro atoms. The first-order valence-electron chi connectivity index (χ1n) is 19.0. The number of nitrogens with zero attached hydrogens (tertiary/aromatic N) is 3. The molecule has 0 saturated carbocycles. The molecule has 3 atom stereocenters. The maximum absolute atomic E-state index is 14.4. The lowest BCUT2D eigenvalue weighted by Gasteiger charge is -2.31. The molecule has 290 valence electrons. The minimum Gasteiger partial charge on any atom is -0.370 e. The van der Waals surface area contributed by atoms with Crippen LogP contribution in [0.1, 0.15) is 56.1 Å². The minimum absolute atomic E-state index is 0.0411. The van der Waals surface area contributed by atoms with Gasteiger partial charge in [-0.3, -0.25) is 24.4 Å². The molecule has 0 fully saturated rings. The minimum atomic E-state index is -0.805. The fourth-order valence-corrected chi connectivity index (χ4v) is 6.64. The third-order valence-electron chi connectivity index (χ3n) is 9.78. The van der Waals surface area contributed by atoms with Crippen molar-refractivity contribution >= 4 is 29.4 Å². The Morgan fingerprint density at radius 2 is 1.05 bits per heavy atom. The van der Waals surface area contributed by atoms with Crippen LogP contribution in [0.15, 0.2) is 119 Å². The van der Waals surface area contributed by atoms with Crippen molar-refractivity contribution in [2.75, 3.05) is 20.1 Å². The van der Waals surface area contributed by atoms with Crippen LogP contribution >= 0.6 is 0 Å². The number of unbranched alkanes of at least 4 members (excludes halogenated alkanes) is 2. The van der Waals surface area contributed by atoms with Gasteiger partial charge in [-0.1, -0.05) is 116 Å². The van der Waals surface area contributed by atoms with Gasteiger partial charge in [-0.25, -0.2) is 0 Å². The molecule has 0 bridgehead atoms. The van der Waals surface area contributed by atoms with Gasteiger partial charge >= 0.3 is 0 Å². The van der Waals surface area contributed by atoms with E-state index in [2.05, 4.69) is 9.98 Å². The summed E-state index contributed by atoms with van der Waals surface area (Å²) >= 11 is 0. The summed E-state index contributed by atoms with van der Waals surface area (Å²) in [5.41, 5.74) is 34.6. The highest BCUT2D eigenvalue weighted by molar-refractivity contribution is 5.93. The highest BCUT2D eigenvalue weighted by Gasteiger charge is 2.33. The van der Waals surface area contributed by atoms with Crippen molar-refractivity contribution in [3.63, 3.8) is 0 Å². The molecular formula is C44H56N8O3. The number of rotatable bonds is 22. The summed E-state index contributed by atoms with van der Waals surface area (Å²) < 4.78 is 0. The van der Waals surface area contributed by atoms with Crippen LogP contribution in [0.5, 0.6) is 0 Å². The van der Waals surface area contributed by atoms with E-state index in [0.29, 0.717) is 45.2 Å². The molecule has 0 heterocycles. The summed E-state index contributed by atoms with van der Waals surface area (Å²) in [6.07, 6.45) is 3.84. The van der Waals surface area contributed by atoms with Gasteiger partial charge in [0.05, 0.1) is 12.1 Å². The molecule has 1 amide bonds. The van der Waals surface area contributed by atoms with Crippen LogP contribution in [0.4, 0.5) is 0 Å². The van der Waals surface area contributed by atoms with Crippen molar-refractivity contribution in [3.05, 3.63) is 120 Å². The summed E-state index contributed by atoms with van der Waals surface area (Å²) in [5.74, 6) is -1.28. The molecule has 0 aliphatic heterocycles. The zero-order valence-corrected chi connectivity index (χ0v) is 31.9. The van der Waals surface area contributed by atoms with E-state index in [0.717, 1.165) is 46.2 Å². The summed E-state index contributed by atoms with van der Waals surface area (Å²) in [6, 6.07) is 34.6. The van der Waals surface area contributed by atoms with Crippen LogP contribution in [0.25, 0.3) is 22.3 Å². The van der Waals surface area contributed by atoms with Crippen LogP contribution in [0, 0.1) is 5.92 Å². The average molecular weight is 745 g/mol. The Labute approximate surface area is 325 Å². The van der Waals surface area contributed by atoms with E-state index in [1.54, 1.807) is 7.05 Å². The van der Waals surface area contributed by atoms with Crippen molar-refractivity contribution in [2.24, 2.45) is 44.6 Å². The van der Waals surface area contributed by atoms with E-state index in [9.17, 15) is 14.4 Å². The zero-order chi connectivity index (χ0) is 39.6. The molecule has 4 rings (SSSR count). The van der Waals surface area contributed by atoms with Gasteiger partial charge in [-0.2, -0.15) is 0 Å². The molecule has 0 saturated heterocycles. The number of carbonyl (C=O) groups is 3. The smallest absolute Gasteiger partial charge is 0.226 e. The maximum Gasteiger partial charge on any atom is 0.226 e. The second kappa shape index (κ2) is 21.8. The number of ketones is 2. The third-order valence-corrected chi connectivity index (χ3v) is 9.78. The van der Waals surface area contributed by atoms with Gasteiger partial charge in [0.1, 0.15) is 0 Å². The molecule has 4 aromatic rings. The number of hydrogen-bond donors (Lipinski definition) is 5. The Kier molecular flexibility index (Phi) is 16.6. The van der Waals surface area contributed by atoms with E-state index in [1.807, 2.05) is 109 Å². The van der Waals surface area contributed by atoms with Crippen molar-refractivity contribution in [3.8, 4) is 22.3 Å². The van der Waals surface area contributed by atoms with E-state index >= 15 is 0 Å². The molecule has 10 N–H and O–H groups in total. The van der Waals surface area contributed by atoms with Gasteiger partial charge in [0.25, 0.3) is 0 Å². The fraction of sp³-hybridized carbons (Fsp3) is 0.341. The molecule has 55 heavy (non-hydrogen) atoms. The van der Waals surface area contributed by atoms with Gasteiger partial charge < -0.3 is 33.6 Å². The molecular weight excluding hydrogens is 689 g/mol. The van der Waals surface area contributed by atoms with Gasteiger partial charge in [0.2, 0.25) is 5.91 Å². The molecule has 0 aliphatic rings. The van der Waals surface area contributed by atoms with E-state index in [-0.39, 0.29) is 42.2 Å². The van der Waals surface area contributed by atoms with Crippen LogP contribution in [-0.4, -0.2) is 66.5 Å². The SMILES string of the molecule is CN(C(=O)[C@H](CCCN=C(N)N)CC(=O)[C@@H](N)Cc1ccc(-c2ccccc2)cc1)[C@@H](Cc1ccc(-c2ccccc2)cc1)C(=O)CCCCCN=C(N)N. The van der Waals surface area contributed by atoms with Gasteiger partial charge in [0, 0.05) is 38.9 Å². The topological polar surface area (TPSA) is 209 Å². The third kappa shape index (κ3) is 13.8. The predicted molar refractivity (Wildman–Crippen MR) is 223 cm³/mol. The number of carbonyl (C=O) groups excluding carboxylic acids is 3. The second-order valence-corrected chi connectivity index (χ2v) is 14.0. The summed E-state index contributed by atoms with van der Waals surface area (Å²) in [5, 5.41) is 0. The predicted octanol–water partition coefficient (Wildman–Crippen LogP) is 4.99. The van der Waals surface area contributed by atoms with Gasteiger partial charge in [-0.15, -0.1) is 0 Å². The van der Waals surface area contributed by atoms with E-state index in [4.69, 9.17) is 28.7 Å². The Morgan fingerprint density at radius 1 is 0.582 bits per heavy atom. The summed E-state index contributed by atoms with van der Waals surface area (Å²) in [4.78, 5) is 51.6. The summed E-state index contributed by atoms with van der Waals surface area (Å²) in [7, 11) is 1.66. The quantitative estimate of drug-likeness (QED) is 0.0420. The number of Topliss-reactive ketones (excluding diaryl/α,β-unsaturated/α-hetero) is 2. The number of likely N-dealkylation sites (N-methyl/N-ethyl adjacent to an activating group) is 1. The maximum atomic E-state index is 14.4. The molecule has 11 heteroatoms. The molecule has 11 nitrogen and oxygen atoms in total. The first-order valence-corrected chi connectivity index (χ1v) is 19.0. The van der Waals surface area contributed by atoms with Crippen molar-refractivity contribution in [1.29, 1.82) is 0 Å². The van der Waals surface area contributed by atoms with Crippen molar-refractivity contribution in [1.82, 2.24) is 4.90 Å². The largest absolute Gasteiger partial charge is 0.370 e. The lowest BCUT2D eigenvalue weighted by Crippen LogP contribution is -2.47. The molecule has 4 aromatic carbocycles. The molecule has 0 unspecified atom stereocenters. The van der Waals surface area contributed by atoms with Gasteiger partial charge in [0.15, 0.2) is 23.5 Å². The monoisotopic (exact) mass is 744 g/mol. The van der Waals surface area contributed by atoms with Crippen LogP contribution in [-0.2, 0) is 27.2 Å².